The molecule has 0 bridgehead atoms. The number of anilines is 1. The molecule has 1 aromatic carbocycles. The number of nitrogens with one attached hydrogen (secondary N) is 1. The molecule has 88 valence electrons. The van der Waals surface area contributed by atoms with Crippen LogP contribution in [0, 0.1) is 6.92 Å². The van der Waals surface area contributed by atoms with E-state index in [1.54, 1.807) is 11.3 Å². The Morgan fingerprint density at radius 2 is 2.41 bits per heavy atom. The lowest BCUT2D eigenvalue weighted by atomic mass is 10.1. The second-order valence-corrected chi connectivity index (χ2v) is 5.07. The Morgan fingerprint density at radius 1 is 1.47 bits per heavy atom. The normalized spacial score (nSPS) is 13.2. The molecule has 2 aromatic rings. The summed E-state index contributed by atoms with van der Waals surface area (Å²) in [6, 6.07) is 6.30. The van der Waals surface area contributed by atoms with Gasteiger partial charge in [-0.2, -0.15) is 0 Å². The summed E-state index contributed by atoms with van der Waals surface area (Å²) in [6.45, 7) is 3.70. The second-order valence-electron chi connectivity index (χ2n) is 4.14. The quantitative estimate of drug-likeness (QED) is 0.904. The summed E-state index contributed by atoms with van der Waals surface area (Å²) in [7, 11) is 0. The molecule has 1 N–H and O–H groups in total. The molecular weight excluding hydrogens is 232 g/mol. The molecule has 1 aromatic heterocycles. The SMILES string of the molecule is Cc1ncsc1CNc1ccc2c(c1)CCO2. The Bertz CT molecular complexity index is 536. The van der Waals surface area contributed by atoms with Crippen molar-refractivity contribution < 1.29 is 4.74 Å². The largest absolute Gasteiger partial charge is 0.493 e. The number of fused-ring (bicyclic) bond motifs is 1. The van der Waals surface area contributed by atoms with Crippen molar-refractivity contribution in [2.45, 2.75) is 19.9 Å². The van der Waals surface area contributed by atoms with Gasteiger partial charge in [-0.3, -0.25) is 0 Å². The maximum absolute atomic E-state index is 5.49. The topological polar surface area (TPSA) is 34.2 Å². The van der Waals surface area contributed by atoms with Crippen molar-refractivity contribution in [2.24, 2.45) is 0 Å². The van der Waals surface area contributed by atoms with Crippen molar-refractivity contribution in [2.75, 3.05) is 11.9 Å². The lowest BCUT2D eigenvalue weighted by Crippen LogP contribution is -1.99. The summed E-state index contributed by atoms with van der Waals surface area (Å²) in [6.07, 6.45) is 1.02. The van der Waals surface area contributed by atoms with Gasteiger partial charge < -0.3 is 10.1 Å². The molecule has 0 aliphatic carbocycles. The van der Waals surface area contributed by atoms with Gasteiger partial charge in [-0.15, -0.1) is 11.3 Å². The average molecular weight is 246 g/mol. The van der Waals surface area contributed by atoms with Gasteiger partial charge in [-0.05, 0) is 30.7 Å². The van der Waals surface area contributed by atoms with Crippen LogP contribution in [-0.2, 0) is 13.0 Å². The highest BCUT2D eigenvalue weighted by Crippen LogP contribution is 2.28. The van der Waals surface area contributed by atoms with E-state index in [-0.39, 0.29) is 0 Å². The van der Waals surface area contributed by atoms with Crippen molar-refractivity contribution in [3.8, 4) is 5.75 Å². The van der Waals surface area contributed by atoms with Gasteiger partial charge in [0.15, 0.2) is 0 Å². The van der Waals surface area contributed by atoms with Crippen LogP contribution >= 0.6 is 11.3 Å². The first-order chi connectivity index (χ1) is 8.33. The fourth-order valence-corrected chi connectivity index (χ4v) is 2.69. The smallest absolute Gasteiger partial charge is 0.122 e. The lowest BCUT2D eigenvalue weighted by molar-refractivity contribution is 0.357. The third-order valence-corrected chi connectivity index (χ3v) is 3.92. The Hall–Kier alpha value is -1.55. The van der Waals surface area contributed by atoms with Gasteiger partial charge in [0.2, 0.25) is 0 Å². The predicted octanol–water partition coefficient (Wildman–Crippen LogP) is 3.00. The van der Waals surface area contributed by atoms with Gasteiger partial charge in [0.05, 0.1) is 24.4 Å². The number of benzene rings is 1. The van der Waals surface area contributed by atoms with Crippen molar-refractivity contribution in [3.05, 3.63) is 39.8 Å². The summed E-state index contributed by atoms with van der Waals surface area (Å²) in [4.78, 5) is 5.54. The van der Waals surface area contributed by atoms with Crippen LogP contribution in [0.1, 0.15) is 16.1 Å². The first-order valence-corrected chi connectivity index (χ1v) is 6.59. The third kappa shape index (κ3) is 2.13. The third-order valence-electron chi connectivity index (χ3n) is 2.99. The first kappa shape index (κ1) is 10.6. The van der Waals surface area contributed by atoms with E-state index in [1.165, 1.54) is 10.4 Å². The Kier molecular flexibility index (Phi) is 2.73. The van der Waals surface area contributed by atoms with Gasteiger partial charge in [0.1, 0.15) is 5.75 Å². The van der Waals surface area contributed by atoms with Gasteiger partial charge in [0, 0.05) is 17.0 Å². The van der Waals surface area contributed by atoms with Crippen molar-refractivity contribution >= 4 is 17.0 Å². The van der Waals surface area contributed by atoms with E-state index >= 15 is 0 Å². The molecule has 1 aliphatic rings. The summed E-state index contributed by atoms with van der Waals surface area (Å²) < 4.78 is 5.49. The van der Waals surface area contributed by atoms with Crippen LogP contribution in [0.2, 0.25) is 0 Å². The van der Waals surface area contributed by atoms with Crippen molar-refractivity contribution in [1.29, 1.82) is 0 Å². The highest BCUT2D eigenvalue weighted by molar-refractivity contribution is 7.09. The van der Waals surface area contributed by atoms with E-state index < -0.39 is 0 Å². The molecule has 0 unspecified atom stereocenters. The maximum atomic E-state index is 5.49. The van der Waals surface area contributed by atoms with E-state index in [1.807, 2.05) is 18.5 Å². The molecule has 0 saturated heterocycles. The van der Waals surface area contributed by atoms with Crippen LogP contribution in [0.15, 0.2) is 23.7 Å². The number of hydrogen-bond donors (Lipinski definition) is 1. The molecule has 3 nitrogen and oxygen atoms in total. The monoisotopic (exact) mass is 246 g/mol. The molecule has 0 spiro atoms. The summed E-state index contributed by atoms with van der Waals surface area (Å²) in [5.41, 5.74) is 5.47. The minimum Gasteiger partial charge on any atom is -0.493 e. The van der Waals surface area contributed by atoms with Crippen molar-refractivity contribution in [1.82, 2.24) is 4.98 Å². The Balaban J connectivity index is 1.72. The van der Waals surface area contributed by atoms with E-state index in [2.05, 4.69) is 22.4 Å². The summed E-state index contributed by atoms with van der Waals surface area (Å²) >= 11 is 1.70. The fraction of sp³-hybridized carbons (Fsp3) is 0.308. The molecule has 17 heavy (non-hydrogen) atoms. The number of thiazole rings is 1. The van der Waals surface area contributed by atoms with E-state index in [0.29, 0.717) is 0 Å². The number of rotatable bonds is 3. The molecule has 4 heteroatoms. The molecule has 0 fully saturated rings. The zero-order chi connectivity index (χ0) is 11.7. The summed E-state index contributed by atoms with van der Waals surface area (Å²) in [5.74, 6) is 1.03. The molecule has 0 amide bonds. The minimum atomic E-state index is 0.812. The standard InChI is InChI=1S/C13H14N2OS/c1-9-13(17-8-15-9)7-14-11-2-3-12-10(6-11)4-5-16-12/h2-3,6,8,14H,4-5,7H2,1H3. The van der Waals surface area contributed by atoms with Crippen LogP contribution < -0.4 is 10.1 Å². The Morgan fingerprint density at radius 3 is 3.24 bits per heavy atom. The van der Waals surface area contributed by atoms with Crippen LogP contribution in [0.4, 0.5) is 5.69 Å². The highest BCUT2D eigenvalue weighted by Gasteiger charge is 2.11. The molecule has 1 aliphatic heterocycles. The van der Waals surface area contributed by atoms with Gasteiger partial charge in [-0.25, -0.2) is 4.98 Å². The molecule has 3 rings (SSSR count). The fourth-order valence-electron chi connectivity index (χ4n) is 1.97. The van der Waals surface area contributed by atoms with Crippen LogP contribution in [-0.4, -0.2) is 11.6 Å². The van der Waals surface area contributed by atoms with Crippen LogP contribution in [0.5, 0.6) is 5.75 Å². The van der Waals surface area contributed by atoms with Gasteiger partial charge in [-0.1, -0.05) is 0 Å². The molecule has 2 heterocycles. The predicted molar refractivity (Wildman–Crippen MR) is 69.8 cm³/mol. The zero-order valence-corrected chi connectivity index (χ0v) is 10.5. The van der Waals surface area contributed by atoms with Gasteiger partial charge in [0.25, 0.3) is 0 Å². The number of aromatic nitrogens is 1. The maximum Gasteiger partial charge on any atom is 0.122 e. The lowest BCUT2D eigenvalue weighted by Gasteiger charge is -2.07. The van der Waals surface area contributed by atoms with Gasteiger partial charge >= 0.3 is 0 Å². The van der Waals surface area contributed by atoms with E-state index in [9.17, 15) is 0 Å². The molecule has 0 atom stereocenters. The van der Waals surface area contributed by atoms with Crippen molar-refractivity contribution in [3.63, 3.8) is 0 Å². The number of ether oxygens (including phenoxy) is 1. The minimum absolute atomic E-state index is 0.812. The first-order valence-electron chi connectivity index (χ1n) is 5.71. The summed E-state index contributed by atoms with van der Waals surface area (Å²) in [5, 5.41) is 3.43. The van der Waals surface area contributed by atoms with E-state index in [4.69, 9.17) is 4.74 Å². The molecular formula is C13H14N2OS. The number of aryl methyl sites for hydroxylation is 1. The molecule has 0 radical (unpaired) electrons. The molecule has 0 saturated carbocycles. The highest BCUT2D eigenvalue weighted by atomic mass is 32.1. The zero-order valence-electron chi connectivity index (χ0n) is 9.69. The number of hydrogen-bond acceptors (Lipinski definition) is 4. The van der Waals surface area contributed by atoms with Crippen LogP contribution in [0.3, 0.4) is 0 Å². The number of nitrogens with zero attached hydrogens (tertiary/aromatic N) is 1. The second kappa shape index (κ2) is 4.37. The van der Waals surface area contributed by atoms with Crippen LogP contribution in [0.25, 0.3) is 0 Å². The average Bonchev–Trinajstić information content (AvgIpc) is 2.94. The van der Waals surface area contributed by atoms with E-state index in [0.717, 1.165) is 36.7 Å². The Labute approximate surface area is 104 Å².